The zero-order valence-electron chi connectivity index (χ0n) is 18.4. The fraction of sp³-hybridized carbons (Fsp3) is 0.591. The van der Waals surface area contributed by atoms with Gasteiger partial charge in [0.1, 0.15) is 12.2 Å². The number of morpholine rings is 1. The van der Waals surface area contributed by atoms with Crippen molar-refractivity contribution in [2.45, 2.75) is 32.7 Å². The fourth-order valence-corrected chi connectivity index (χ4v) is 3.62. The Morgan fingerprint density at radius 3 is 2.68 bits per heavy atom. The van der Waals surface area contributed by atoms with Crippen molar-refractivity contribution in [3.05, 3.63) is 47.0 Å². The molecule has 1 aliphatic rings. The Morgan fingerprint density at radius 2 is 1.90 bits per heavy atom. The predicted molar refractivity (Wildman–Crippen MR) is 125 cm³/mol. The van der Waals surface area contributed by atoms with Crippen molar-refractivity contribution in [2.75, 3.05) is 52.5 Å². The molecule has 0 saturated carbocycles. The van der Waals surface area contributed by atoms with Crippen LogP contribution in [0.2, 0.25) is 5.02 Å². The van der Waals surface area contributed by atoms with E-state index < -0.39 is 0 Å². The van der Waals surface area contributed by atoms with Gasteiger partial charge in [-0.15, -0.1) is 10.2 Å². The molecule has 1 saturated heterocycles. The highest BCUT2D eigenvalue weighted by Gasteiger charge is 2.09. The Bertz CT molecular complexity index is 787. The summed E-state index contributed by atoms with van der Waals surface area (Å²) in [5.41, 5.74) is 1.25. The Hall–Kier alpha value is -2.16. The lowest BCUT2D eigenvalue weighted by atomic mass is 10.1. The molecule has 1 aromatic carbocycles. The van der Waals surface area contributed by atoms with Gasteiger partial charge in [0.25, 0.3) is 0 Å². The lowest BCUT2D eigenvalue weighted by molar-refractivity contribution is 0.0377. The van der Waals surface area contributed by atoms with E-state index in [0.29, 0.717) is 0 Å². The number of nitrogens with zero attached hydrogens (tertiary/aromatic N) is 5. The molecule has 0 unspecified atom stereocenters. The van der Waals surface area contributed by atoms with Gasteiger partial charge in [-0.2, -0.15) is 0 Å². The SMILES string of the molecule is CCc1nncn1CCNC(=NCCCN1CCOCC1)NCCc1ccc(Cl)cc1. The summed E-state index contributed by atoms with van der Waals surface area (Å²) in [5.74, 6) is 1.85. The average molecular weight is 448 g/mol. The van der Waals surface area contributed by atoms with E-state index in [9.17, 15) is 0 Å². The Labute approximate surface area is 190 Å². The van der Waals surface area contributed by atoms with E-state index in [-0.39, 0.29) is 0 Å². The molecule has 2 aromatic rings. The van der Waals surface area contributed by atoms with Crippen LogP contribution >= 0.6 is 11.6 Å². The van der Waals surface area contributed by atoms with Crippen molar-refractivity contribution in [3.63, 3.8) is 0 Å². The van der Waals surface area contributed by atoms with Gasteiger partial charge in [-0.3, -0.25) is 9.89 Å². The molecule has 0 radical (unpaired) electrons. The summed E-state index contributed by atoms with van der Waals surface area (Å²) in [6.45, 7) is 10.0. The lowest BCUT2D eigenvalue weighted by Gasteiger charge is -2.26. The third kappa shape index (κ3) is 8.47. The van der Waals surface area contributed by atoms with Crippen LogP contribution in [0.5, 0.6) is 0 Å². The molecular formula is C22H34ClN7O. The number of guanidine groups is 1. The molecule has 0 atom stereocenters. The maximum Gasteiger partial charge on any atom is 0.191 e. The van der Waals surface area contributed by atoms with E-state index in [4.69, 9.17) is 21.3 Å². The van der Waals surface area contributed by atoms with Crippen LogP contribution in [-0.2, 0) is 24.1 Å². The zero-order valence-corrected chi connectivity index (χ0v) is 19.2. The minimum Gasteiger partial charge on any atom is -0.379 e. The second-order valence-corrected chi connectivity index (χ2v) is 8.00. The molecule has 3 rings (SSSR count). The summed E-state index contributed by atoms with van der Waals surface area (Å²) in [4.78, 5) is 7.23. The minimum absolute atomic E-state index is 0.765. The molecule has 2 heterocycles. The molecule has 8 nitrogen and oxygen atoms in total. The maximum absolute atomic E-state index is 5.98. The summed E-state index contributed by atoms with van der Waals surface area (Å²) < 4.78 is 7.50. The van der Waals surface area contributed by atoms with Crippen LogP contribution in [0, 0.1) is 0 Å². The number of aromatic nitrogens is 3. The van der Waals surface area contributed by atoms with E-state index in [2.05, 4.69) is 49.4 Å². The number of nitrogens with one attached hydrogen (secondary N) is 2. The highest BCUT2D eigenvalue weighted by molar-refractivity contribution is 6.30. The molecule has 0 bridgehead atoms. The van der Waals surface area contributed by atoms with Crippen molar-refractivity contribution in [2.24, 2.45) is 4.99 Å². The van der Waals surface area contributed by atoms with Crippen molar-refractivity contribution in [1.29, 1.82) is 0 Å². The van der Waals surface area contributed by atoms with Crippen LogP contribution in [-0.4, -0.2) is 78.1 Å². The average Bonchev–Trinajstić information content (AvgIpc) is 3.26. The molecule has 170 valence electrons. The molecule has 0 amide bonds. The number of benzene rings is 1. The Morgan fingerprint density at radius 1 is 1.13 bits per heavy atom. The third-order valence-corrected chi connectivity index (χ3v) is 5.53. The van der Waals surface area contributed by atoms with Crippen LogP contribution in [0.3, 0.4) is 0 Å². The molecule has 1 fully saturated rings. The Kier molecular flexibility index (Phi) is 10.1. The van der Waals surface area contributed by atoms with Crippen LogP contribution in [0.4, 0.5) is 0 Å². The molecular weight excluding hydrogens is 414 g/mol. The van der Waals surface area contributed by atoms with Crippen LogP contribution in [0.1, 0.15) is 24.7 Å². The van der Waals surface area contributed by atoms with Gasteiger partial charge in [-0.05, 0) is 30.5 Å². The van der Waals surface area contributed by atoms with Crippen molar-refractivity contribution >= 4 is 17.6 Å². The summed E-state index contributed by atoms with van der Waals surface area (Å²) in [7, 11) is 0. The second kappa shape index (κ2) is 13.3. The van der Waals surface area contributed by atoms with Gasteiger partial charge in [0.15, 0.2) is 5.96 Å². The van der Waals surface area contributed by atoms with Gasteiger partial charge in [-0.25, -0.2) is 0 Å². The van der Waals surface area contributed by atoms with E-state index in [1.165, 1.54) is 5.56 Å². The first-order chi connectivity index (χ1) is 15.2. The first-order valence-corrected chi connectivity index (χ1v) is 11.6. The monoisotopic (exact) mass is 447 g/mol. The molecule has 1 aromatic heterocycles. The zero-order chi connectivity index (χ0) is 21.7. The van der Waals surface area contributed by atoms with Crippen LogP contribution in [0.25, 0.3) is 0 Å². The quantitative estimate of drug-likeness (QED) is 0.311. The molecule has 31 heavy (non-hydrogen) atoms. The van der Waals surface area contributed by atoms with Crippen molar-refractivity contribution in [3.8, 4) is 0 Å². The minimum atomic E-state index is 0.765. The predicted octanol–water partition coefficient (Wildman–Crippen LogP) is 1.99. The number of hydrogen-bond donors (Lipinski definition) is 2. The van der Waals surface area contributed by atoms with Crippen molar-refractivity contribution in [1.82, 2.24) is 30.3 Å². The van der Waals surface area contributed by atoms with Crippen LogP contribution < -0.4 is 10.6 Å². The molecule has 1 aliphatic heterocycles. The number of rotatable bonds is 11. The fourth-order valence-electron chi connectivity index (χ4n) is 3.49. The smallest absolute Gasteiger partial charge is 0.191 e. The largest absolute Gasteiger partial charge is 0.379 e. The highest BCUT2D eigenvalue weighted by Crippen LogP contribution is 2.09. The Balaban J connectivity index is 1.46. The number of aliphatic imine (C=N–C) groups is 1. The van der Waals surface area contributed by atoms with E-state index >= 15 is 0 Å². The van der Waals surface area contributed by atoms with Gasteiger partial charge in [0, 0.05) is 57.3 Å². The number of halogens is 1. The van der Waals surface area contributed by atoms with E-state index in [0.717, 1.165) is 95.1 Å². The summed E-state index contributed by atoms with van der Waals surface area (Å²) in [6, 6.07) is 7.99. The lowest BCUT2D eigenvalue weighted by Crippen LogP contribution is -2.40. The standard InChI is InChI=1S/C22H34ClN7O/c1-2-21-28-27-18-30(21)13-11-26-22(24-9-3-12-29-14-16-31-17-15-29)25-10-8-19-4-6-20(23)7-5-19/h4-7,18H,2-3,8-17H2,1H3,(H2,24,25,26). The third-order valence-electron chi connectivity index (χ3n) is 5.28. The molecule has 2 N–H and O–H groups in total. The summed E-state index contributed by atoms with van der Waals surface area (Å²) in [5, 5.41) is 15.8. The van der Waals surface area contributed by atoms with E-state index in [1.54, 1.807) is 6.33 Å². The molecule has 0 aliphatic carbocycles. The number of hydrogen-bond acceptors (Lipinski definition) is 5. The normalized spacial score (nSPS) is 15.2. The van der Waals surface area contributed by atoms with Gasteiger partial charge in [-0.1, -0.05) is 30.7 Å². The first kappa shape index (κ1) is 23.5. The maximum atomic E-state index is 5.98. The molecule has 0 spiro atoms. The van der Waals surface area contributed by atoms with Crippen LogP contribution in [0.15, 0.2) is 35.6 Å². The highest BCUT2D eigenvalue weighted by atomic mass is 35.5. The summed E-state index contributed by atoms with van der Waals surface area (Å²) >= 11 is 5.98. The summed E-state index contributed by atoms with van der Waals surface area (Å²) in [6.07, 6.45) is 4.61. The van der Waals surface area contributed by atoms with Gasteiger partial charge in [0.2, 0.25) is 0 Å². The number of aryl methyl sites for hydroxylation is 1. The second-order valence-electron chi connectivity index (χ2n) is 7.56. The van der Waals surface area contributed by atoms with Gasteiger partial charge < -0.3 is 19.9 Å². The molecule has 9 heteroatoms. The number of ether oxygens (including phenoxy) is 1. The van der Waals surface area contributed by atoms with E-state index in [1.807, 2.05) is 12.1 Å². The van der Waals surface area contributed by atoms with Crippen molar-refractivity contribution < 1.29 is 4.74 Å². The topological polar surface area (TPSA) is 79.6 Å². The van der Waals surface area contributed by atoms with Gasteiger partial charge >= 0.3 is 0 Å². The first-order valence-electron chi connectivity index (χ1n) is 11.2. The van der Waals surface area contributed by atoms with Gasteiger partial charge in [0.05, 0.1) is 13.2 Å².